The van der Waals surface area contributed by atoms with Gasteiger partial charge in [0.15, 0.2) is 0 Å². The number of carbonyl (C=O) groups is 2. The van der Waals surface area contributed by atoms with Crippen molar-refractivity contribution < 1.29 is 14.3 Å². The van der Waals surface area contributed by atoms with Gasteiger partial charge in [-0.2, -0.15) is 0 Å². The minimum Gasteiger partial charge on any atom is -0.466 e. The summed E-state index contributed by atoms with van der Waals surface area (Å²) in [5, 5.41) is 0. The number of hydrogen-bond donors (Lipinski definition) is 1. The van der Waals surface area contributed by atoms with E-state index in [9.17, 15) is 9.59 Å². The van der Waals surface area contributed by atoms with Crippen LogP contribution in [0.15, 0.2) is 41.6 Å². The lowest BCUT2D eigenvalue weighted by molar-refractivity contribution is -0.136. The molecule has 1 aliphatic rings. The summed E-state index contributed by atoms with van der Waals surface area (Å²) in [6.45, 7) is 0.715. The van der Waals surface area contributed by atoms with Crippen molar-refractivity contribution in [2.45, 2.75) is 6.42 Å². The number of hydrogen-bond acceptors (Lipinski definition) is 4. The number of nitrogens with two attached hydrogens (primary N) is 1. The first kappa shape index (κ1) is 13.1. The molecule has 0 radical (unpaired) electrons. The normalized spacial score (nSPS) is 15.3. The van der Waals surface area contributed by atoms with E-state index in [0.717, 1.165) is 0 Å². The minimum absolute atomic E-state index is 0.102. The van der Waals surface area contributed by atoms with Gasteiger partial charge >= 0.3 is 5.97 Å². The molecule has 0 unspecified atom stereocenters. The average molecular weight is 260 g/mol. The van der Waals surface area contributed by atoms with Crippen molar-refractivity contribution >= 4 is 11.9 Å². The molecular formula is C14H16N2O3. The summed E-state index contributed by atoms with van der Waals surface area (Å²) < 4.78 is 4.68. The van der Waals surface area contributed by atoms with Crippen LogP contribution in [0.1, 0.15) is 16.8 Å². The third-order valence-electron chi connectivity index (χ3n) is 3.13. The molecule has 0 aromatic heterocycles. The fraction of sp³-hybridized carbons (Fsp3) is 0.286. The molecule has 0 aliphatic carbocycles. The molecule has 2 N–H and O–H groups in total. The van der Waals surface area contributed by atoms with E-state index >= 15 is 0 Å². The van der Waals surface area contributed by atoms with Gasteiger partial charge in [-0.15, -0.1) is 0 Å². The largest absolute Gasteiger partial charge is 0.466 e. The first-order valence-electron chi connectivity index (χ1n) is 6.03. The van der Waals surface area contributed by atoms with Crippen LogP contribution >= 0.6 is 0 Å². The molecule has 5 nitrogen and oxygen atoms in total. The van der Waals surface area contributed by atoms with Crippen LogP contribution in [0, 0.1) is 0 Å². The predicted molar refractivity (Wildman–Crippen MR) is 70.2 cm³/mol. The topological polar surface area (TPSA) is 72.6 Å². The van der Waals surface area contributed by atoms with Crippen LogP contribution in [0.4, 0.5) is 0 Å². The van der Waals surface area contributed by atoms with Crippen LogP contribution in [-0.4, -0.2) is 37.0 Å². The lowest BCUT2D eigenvalue weighted by Gasteiger charge is -2.28. The highest BCUT2D eigenvalue weighted by molar-refractivity contribution is 5.96. The summed E-state index contributed by atoms with van der Waals surface area (Å²) in [6, 6.07) is 8.97. The van der Waals surface area contributed by atoms with Gasteiger partial charge in [0.2, 0.25) is 0 Å². The summed E-state index contributed by atoms with van der Waals surface area (Å²) in [5.74, 6) is -0.572. The second-order valence-corrected chi connectivity index (χ2v) is 4.34. The fourth-order valence-corrected chi connectivity index (χ4v) is 2.03. The van der Waals surface area contributed by atoms with E-state index in [1.165, 1.54) is 7.11 Å². The van der Waals surface area contributed by atoms with Crippen LogP contribution < -0.4 is 5.73 Å². The summed E-state index contributed by atoms with van der Waals surface area (Å²) in [6.07, 6.45) is 0.489. The molecule has 1 aromatic carbocycles. The van der Waals surface area contributed by atoms with Gasteiger partial charge in [0.25, 0.3) is 5.91 Å². The molecule has 0 bridgehead atoms. The quantitative estimate of drug-likeness (QED) is 0.802. The number of amides is 1. The molecule has 1 aliphatic heterocycles. The first-order valence-corrected chi connectivity index (χ1v) is 6.03. The molecule has 1 aromatic rings. The molecule has 1 amide bonds. The fourth-order valence-electron chi connectivity index (χ4n) is 2.03. The Kier molecular flexibility index (Phi) is 3.85. The maximum atomic E-state index is 12.3. The lowest BCUT2D eigenvalue weighted by Crippen LogP contribution is -2.40. The zero-order valence-corrected chi connectivity index (χ0v) is 10.8. The van der Waals surface area contributed by atoms with E-state index in [4.69, 9.17) is 5.73 Å². The van der Waals surface area contributed by atoms with Crippen molar-refractivity contribution in [3.05, 3.63) is 47.2 Å². The average Bonchev–Trinajstić information content (AvgIpc) is 2.47. The van der Waals surface area contributed by atoms with E-state index in [1.54, 1.807) is 17.0 Å². The molecule has 0 fully saturated rings. The Morgan fingerprint density at radius 3 is 2.58 bits per heavy atom. The maximum absolute atomic E-state index is 12.3. The molecule has 0 saturated carbocycles. The molecule has 1 heterocycles. The summed E-state index contributed by atoms with van der Waals surface area (Å²) in [4.78, 5) is 25.5. The molecule has 0 spiro atoms. The van der Waals surface area contributed by atoms with E-state index < -0.39 is 5.97 Å². The standard InChI is InChI=1S/C14H16N2O3/c1-19-14(18)11-9-16(8-7-12(11)15)13(17)10-5-3-2-4-6-10/h2-6H,7-9,15H2,1H3. The molecule has 100 valence electrons. The third kappa shape index (κ3) is 2.76. The van der Waals surface area contributed by atoms with Gasteiger partial charge in [0.1, 0.15) is 0 Å². The van der Waals surface area contributed by atoms with Gasteiger partial charge in [-0.3, -0.25) is 4.79 Å². The van der Waals surface area contributed by atoms with E-state index in [0.29, 0.717) is 29.8 Å². The first-order chi connectivity index (χ1) is 9.13. The van der Waals surface area contributed by atoms with Gasteiger partial charge < -0.3 is 15.4 Å². The SMILES string of the molecule is COC(=O)C1=C(N)CCN(C(=O)c2ccccc2)C1. The summed E-state index contributed by atoms with van der Waals surface area (Å²) in [5.41, 5.74) is 7.28. The number of ether oxygens (including phenoxy) is 1. The second kappa shape index (κ2) is 5.56. The van der Waals surface area contributed by atoms with Gasteiger partial charge in [-0.1, -0.05) is 18.2 Å². The highest BCUT2D eigenvalue weighted by atomic mass is 16.5. The van der Waals surface area contributed by atoms with Gasteiger partial charge in [-0.25, -0.2) is 4.79 Å². The monoisotopic (exact) mass is 260 g/mol. The number of carbonyl (C=O) groups excluding carboxylic acids is 2. The molecule has 0 atom stereocenters. The maximum Gasteiger partial charge on any atom is 0.337 e. The lowest BCUT2D eigenvalue weighted by atomic mass is 10.1. The zero-order valence-electron chi connectivity index (χ0n) is 10.8. The molecule has 5 heteroatoms. The van der Waals surface area contributed by atoms with E-state index in [1.807, 2.05) is 18.2 Å². The van der Waals surface area contributed by atoms with Crippen LogP contribution in [0.25, 0.3) is 0 Å². The van der Waals surface area contributed by atoms with Crippen molar-refractivity contribution in [1.82, 2.24) is 4.90 Å². The van der Waals surface area contributed by atoms with Gasteiger partial charge in [-0.05, 0) is 12.1 Å². The number of rotatable bonds is 2. The third-order valence-corrected chi connectivity index (χ3v) is 3.13. The Hall–Kier alpha value is -2.30. The molecule has 19 heavy (non-hydrogen) atoms. The van der Waals surface area contributed by atoms with Crippen molar-refractivity contribution in [3.63, 3.8) is 0 Å². The number of nitrogens with zero attached hydrogens (tertiary/aromatic N) is 1. The van der Waals surface area contributed by atoms with Crippen molar-refractivity contribution in [2.75, 3.05) is 20.2 Å². The number of esters is 1. The highest BCUT2D eigenvalue weighted by Gasteiger charge is 2.26. The zero-order chi connectivity index (χ0) is 13.8. The van der Waals surface area contributed by atoms with Crippen molar-refractivity contribution in [2.24, 2.45) is 5.73 Å². The molecule has 2 rings (SSSR count). The van der Waals surface area contributed by atoms with Crippen molar-refractivity contribution in [3.8, 4) is 0 Å². The summed E-state index contributed by atoms with van der Waals surface area (Å²) >= 11 is 0. The number of methoxy groups -OCH3 is 1. The Morgan fingerprint density at radius 2 is 1.95 bits per heavy atom. The van der Waals surface area contributed by atoms with E-state index in [-0.39, 0.29) is 12.5 Å². The Morgan fingerprint density at radius 1 is 1.26 bits per heavy atom. The second-order valence-electron chi connectivity index (χ2n) is 4.34. The van der Waals surface area contributed by atoms with Crippen LogP contribution in [-0.2, 0) is 9.53 Å². The highest BCUT2D eigenvalue weighted by Crippen LogP contribution is 2.17. The van der Waals surface area contributed by atoms with Crippen LogP contribution in [0.2, 0.25) is 0 Å². The molecular weight excluding hydrogens is 244 g/mol. The Bertz CT molecular complexity index is 523. The van der Waals surface area contributed by atoms with Gasteiger partial charge in [0, 0.05) is 24.2 Å². The molecule has 0 saturated heterocycles. The van der Waals surface area contributed by atoms with E-state index in [2.05, 4.69) is 4.74 Å². The Labute approximate surface area is 111 Å². The smallest absolute Gasteiger partial charge is 0.337 e. The van der Waals surface area contributed by atoms with Crippen LogP contribution in [0.5, 0.6) is 0 Å². The Balaban J connectivity index is 2.17. The van der Waals surface area contributed by atoms with Crippen molar-refractivity contribution in [1.29, 1.82) is 0 Å². The predicted octanol–water partition coefficient (Wildman–Crippen LogP) is 0.918. The minimum atomic E-state index is -0.469. The summed E-state index contributed by atoms with van der Waals surface area (Å²) in [7, 11) is 1.31. The number of benzene rings is 1. The van der Waals surface area contributed by atoms with Crippen LogP contribution in [0.3, 0.4) is 0 Å². The van der Waals surface area contributed by atoms with Gasteiger partial charge in [0.05, 0.1) is 19.2 Å².